The Morgan fingerprint density at radius 3 is 3.00 bits per heavy atom. The van der Waals surface area contributed by atoms with Crippen molar-refractivity contribution in [1.29, 1.82) is 5.26 Å². The predicted octanol–water partition coefficient (Wildman–Crippen LogP) is 2.97. The lowest BCUT2D eigenvalue weighted by atomic mass is 9.86. The van der Waals surface area contributed by atoms with Crippen LogP contribution in [0.25, 0.3) is 0 Å². The van der Waals surface area contributed by atoms with Gasteiger partial charge in [0.2, 0.25) is 0 Å². The lowest BCUT2D eigenvalue weighted by Crippen LogP contribution is -2.36. The van der Waals surface area contributed by atoms with Crippen molar-refractivity contribution in [2.45, 2.75) is 38.6 Å². The molecule has 0 radical (unpaired) electrons. The van der Waals surface area contributed by atoms with Crippen LogP contribution in [0.4, 0.5) is 5.69 Å². The summed E-state index contributed by atoms with van der Waals surface area (Å²) >= 11 is 0. The van der Waals surface area contributed by atoms with Crippen molar-refractivity contribution in [2.75, 3.05) is 11.9 Å². The van der Waals surface area contributed by atoms with Gasteiger partial charge in [-0.1, -0.05) is 19.8 Å². The van der Waals surface area contributed by atoms with Crippen molar-refractivity contribution in [3.05, 3.63) is 24.0 Å². The molecular weight excluding hydrogens is 210 g/mol. The van der Waals surface area contributed by atoms with E-state index in [0.29, 0.717) is 11.7 Å². The first-order chi connectivity index (χ1) is 8.22. The standard InChI is InChI=1S/C14H19N3/c1-11-5-3-6-12(9-11)17(2)14-7-4-8-16-13(14)10-15/h4,7-8,11-12H,3,5-6,9H2,1-2H3. The molecule has 90 valence electrons. The molecule has 2 atom stereocenters. The molecule has 1 aliphatic rings. The Labute approximate surface area is 103 Å². The van der Waals surface area contributed by atoms with Crippen LogP contribution >= 0.6 is 0 Å². The molecule has 2 unspecified atom stereocenters. The van der Waals surface area contributed by atoms with E-state index in [4.69, 9.17) is 5.26 Å². The molecule has 1 aromatic heterocycles. The van der Waals surface area contributed by atoms with E-state index in [1.165, 1.54) is 25.7 Å². The minimum absolute atomic E-state index is 0.535. The number of nitrogens with zero attached hydrogens (tertiary/aromatic N) is 3. The quantitative estimate of drug-likeness (QED) is 0.782. The number of hydrogen-bond acceptors (Lipinski definition) is 3. The summed E-state index contributed by atoms with van der Waals surface area (Å²) in [6.07, 6.45) is 6.75. The van der Waals surface area contributed by atoms with E-state index in [-0.39, 0.29) is 0 Å². The summed E-state index contributed by atoms with van der Waals surface area (Å²) in [6.45, 7) is 2.31. The van der Waals surface area contributed by atoms with Gasteiger partial charge in [-0.3, -0.25) is 0 Å². The van der Waals surface area contributed by atoms with Gasteiger partial charge < -0.3 is 4.90 Å². The molecule has 0 aliphatic heterocycles. The normalized spacial score (nSPS) is 24.1. The van der Waals surface area contributed by atoms with E-state index in [2.05, 4.69) is 29.9 Å². The SMILES string of the molecule is CC1CCCC(N(C)c2cccnc2C#N)C1. The molecule has 0 N–H and O–H groups in total. The van der Waals surface area contributed by atoms with Crippen LogP contribution in [0.15, 0.2) is 18.3 Å². The Balaban J connectivity index is 2.19. The number of pyridine rings is 1. The molecule has 1 saturated carbocycles. The molecule has 0 amide bonds. The minimum atomic E-state index is 0.535. The van der Waals surface area contributed by atoms with Gasteiger partial charge in [-0.25, -0.2) is 4.98 Å². The molecule has 1 fully saturated rings. The van der Waals surface area contributed by atoms with Crippen LogP contribution in [-0.2, 0) is 0 Å². The van der Waals surface area contributed by atoms with E-state index >= 15 is 0 Å². The zero-order valence-corrected chi connectivity index (χ0v) is 10.6. The summed E-state index contributed by atoms with van der Waals surface area (Å²) in [5, 5.41) is 9.08. The smallest absolute Gasteiger partial charge is 0.163 e. The van der Waals surface area contributed by atoms with Crippen LogP contribution < -0.4 is 4.90 Å². The van der Waals surface area contributed by atoms with Gasteiger partial charge in [-0.2, -0.15) is 5.26 Å². The highest BCUT2D eigenvalue weighted by Crippen LogP contribution is 2.30. The molecule has 0 aromatic carbocycles. The second kappa shape index (κ2) is 5.18. The van der Waals surface area contributed by atoms with Crippen molar-refractivity contribution in [3.8, 4) is 6.07 Å². The third-order valence-corrected chi connectivity index (χ3v) is 3.73. The van der Waals surface area contributed by atoms with E-state index in [9.17, 15) is 0 Å². The molecule has 0 bridgehead atoms. The Bertz CT molecular complexity index is 422. The second-order valence-electron chi connectivity index (χ2n) is 5.02. The molecule has 0 saturated heterocycles. The Morgan fingerprint density at radius 1 is 1.47 bits per heavy atom. The lowest BCUT2D eigenvalue weighted by Gasteiger charge is -2.35. The van der Waals surface area contributed by atoms with Crippen molar-refractivity contribution >= 4 is 5.69 Å². The molecule has 2 rings (SSSR count). The maximum Gasteiger partial charge on any atom is 0.163 e. The first-order valence-electron chi connectivity index (χ1n) is 6.30. The zero-order valence-electron chi connectivity index (χ0n) is 10.6. The Morgan fingerprint density at radius 2 is 2.29 bits per heavy atom. The third-order valence-electron chi connectivity index (χ3n) is 3.73. The summed E-state index contributed by atoms with van der Waals surface area (Å²) in [5.74, 6) is 0.790. The molecule has 17 heavy (non-hydrogen) atoms. The Kier molecular flexibility index (Phi) is 3.63. The van der Waals surface area contributed by atoms with E-state index in [1.54, 1.807) is 6.20 Å². The molecule has 0 spiro atoms. The van der Waals surface area contributed by atoms with E-state index < -0.39 is 0 Å². The number of rotatable bonds is 2. The topological polar surface area (TPSA) is 39.9 Å². The van der Waals surface area contributed by atoms with Crippen LogP contribution in [0.5, 0.6) is 0 Å². The molecule has 3 heteroatoms. The molecule has 1 aliphatic carbocycles. The summed E-state index contributed by atoms with van der Waals surface area (Å²) < 4.78 is 0. The van der Waals surface area contributed by atoms with Crippen molar-refractivity contribution < 1.29 is 0 Å². The summed E-state index contributed by atoms with van der Waals surface area (Å²) in [4.78, 5) is 6.37. The highest BCUT2D eigenvalue weighted by molar-refractivity contribution is 5.55. The fraction of sp³-hybridized carbons (Fsp3) is 0.571. The van der Waals surface area contributed by atoms with Gasteiger partial charge in [0.1, 0.15) is 6.07 Å². The van der Waals surface area contributed by atoms with Crippen LogP contribution in [0.3, 0.4) is 0 Å². The Hall–Kier alpha value is -1.56. The summed E-state index contributed by atoms with van der Waals surface area (Å²) in [6, 6.07) is 6.62. The summed E-state index contributed by atoms with van der Waals surface area (Å²) in [5.41, 5.74) is 1.50. The second-order valence-corrected chi connectivity index (χ2v) is 5.02. The number of nitriles is 1. The maximum atomic E-state index is 9.08. The average molecular weight is 229 g/mol. The summed E-state index contributed by atoms with van der Waals surface area (Å²) in [7, 11) is 2.08. The molecule has 1 heterocycles. The van der Waals surface area contributed by atoms with E-state index in [1.807, 2.05) is 12.1 Å². The van der Waals surface area contributed by atoms with Crippen LogP contribution in [0, 0.1) is 17.2 Å². The van der Waals surface area contributed by atoms with Gasteiger partial charge in [0.25, 0.3) is 0 Å². The van der Waals surface area contributed by atoms with Crippen LogP contribution in [-0.4, -0.2) is 18.1 Å². The van der Waals surface area contributed by atoms with Gasteiger partial charge in [-0.05, 0) is 30.9 Å². The van der Waals surface area contributed by atoms with Gasteiger partial charge in [0.15, 0.2) is 5.69 Å². The van der Waals surface area contributed by atoms with Crippen molar-refractivity contribution in [3.63, 3.8) is 0 Å². The predicted molar refractivity (Wildman–Crippen MR) is 68.8 cm³/mol. The fourth-order valence-electron chi connectivity index (χ4n) is 2.72. The zero-order chi connectivity index (χ0) is 12.3. The van der Waals surface area contributed by atoms with Crippen molar-refractivity contribution in [2.24, 2.45) is 5.92 Å². The molecular formula is C14H19N3. The fourth-order valence-corrected chi connectivity index (χ4v) is 2.72. The average Bonchev–Trinajstić information content (AvgIpc) is 2.38. The van der Waals surface area contributed by atoms with Gasteiger partial charge >= 0.3 is 0 Å². The van der Waals surface area contributed by atoms with E-state index in [0.717, 1.165) is 11.6 Å². The lowest BCUT2D eigenvalue weighted by molar-refractivity contribution is 0.336. The number of anilines is 1. The monoisotopic (exact) mass is 229 g/mol. The number of aromatic nitrogens is 1. The highest BCUT2D eigenvalue weighted by Gasteiger charge is 2.23. The highest BCUT2D eigenvalue weighted by atomic mass is 15.1. The van der Waals surface area contributed by atoms with Gasteiger partial charge in [-0.15, -0.1) is 0 Å². The first-order valence-corrected chi connectivity index (χ1v) is 6.30. The van der Waals surface area contributed by atoms with Crippen molar-refractivity contribution in [1.82, 2.24) is 4.98 Å². The van der Waals surface area contributed by atoms with Gasteiger partial charge in [0.05, 0.1) is 5.69 Å². The van der Waals surface area contributed by atoms with Crippen LogP contribution in [0.1, 0.15) is 38.3 Å². The first kappa shape index (κ1) is 11.9. The third kappa shape index (κ3) is 2.58. The minimum Gasteiger partial charge on any atom is -0.369 e. The van der Waals surface area contributed by atoms with Gasteiger partial charge in [0, 0.05) is 19.3 Å². The maximum absolute atomic E-state index is 9.08. The molecule has 3 nitrogen and oxygen atoms in total. The molecule has 1 aromatic rings. The van der Waals surface area contributed by atoms with Crippen LogP contribution in [0.2, 0.25) is 0 Å². The largest absolute Gasteiger partial charge is 0.369 e. The number of hydrogen-bond donors (Lipinski definition) is 0.